The van der Waals surface area contributed by atoms with Crippen LogP contribution in [0.25, 0.3) is 0 Å². The fraction of sp³-hybridized carbons (Fsp3) is 0.500. The van der Waals surface area contributed by atoms with Gasteiger partial charge >= 0.3 is 0 Å². The fourth-order valence-electron chi connectivity index (χ4n) is 2.29. The van der Waals surface area contributed by atoms with Crippen LogP contribution < -0.4 is 10.6 Å². The van der Waals surface area contributed by atoms with Crippen molar-refractivity contribution in [2.24, 2.45) is 0 Å². The lowest BCUT2D eigenvalue weighted by Crippen LogP contribution is -2.41. The average Bonchev–Trinajstić information content (AvgIpc) is 2.86. The van der Waals surface area contributed by atoms with Crippen molar-refractivity contribution in [2.75, 3.05) is 20.2 Å². The van der Waals surface area contributed by atoms with Crippen LogP contribution in [0, 0.1) is 11.6 Å². The van der Waals surface area contributed by atoms with E-state index in [1.54, 1.807) is 7.11 Å². The predicted octanol–water partition coefficient (Wildman–Crippen LogP) is 1.00. The standard InChI is InChI=1S/C14H18F2N2O2/c1-20-12-7-13(18-8-12)14(19)17-3-2-9-4-10(15)6-11(16)5-9/h4-6,12-13,18H,2-3,7-8H2,1H3,(H,17,19). The Morgan fingerprint density at radius 3 is 2.70 bits per heavy atom. The van der Waals surface area contributed by atoms with E-state index in [1.807, 2.05) is 0 Å². The van der Waals surface area contributed by atoms with Crippen LogP contribution in [0.4, 0.5) is 8.78 Å². The van der Waals surface area contributed by atoms with Gasteiger partial charge in [0.15, 0.2) is 0 Å². The van der Waals surface area contributed by atoms with Gasteiger partial charge in [0, 0.05) is 26.3 Å². The maximum absolute atomic E-state index is 13.0. The molecule has 2 N–H and O–H groups in total. The van der Waals surface area contributed by atoms with Gasteiger partial charge in [-0.1, -0.05) is 0 Å². The minimum Gasteiger partial charge on any atom is -0.380 e. The van der Waals surface area contributed by atoms with Crippen molar-refractivity contribution in [3.63, 3.8) is 0 Å². The van der Waals surface area contributed by atoms with Crippen LogP contribution in [0.3, 0.4) is 0 Å². The third-order valence-electron chi connectivity index (χ3n) is 3.38. The zero-order valence-electron chi connectivity index (χ0n) is 11.3. The number of hydrogen-bond donors (Lipinski definition) is 2. The van der Waals surface area contributed by atoms with Gasteiger partial charge in [-0.05, 0) is 30.5 Å². The quantitative estimate of drug-likeness (QED) is 0.848. The van der Waals surface area contributed by atoms with E-state index in [4.69, 9.17) is 4.74 Å². The number of carbonyl (C=O) groups is 1. The third kappa shape index (κ3) is 3.98. The van der Waals surface area contributed by atoms with Crippen LogP contribution in [0.5, 0.6) is 0 Å². The van der Waals surface area contributed by atoms with E-state index in [-0.39, 0.29) is 18.1 Å². The smallest absolute Gasteiger partial charge is 0.237 e. The molecule has 1 aromatic carbocycles. The lowest BCUT2D eigenvalue weighted by molar-refractivity contribution is -0.122. The monoisotopic (exact) mass is 284 g/mol. The lowest BCUT2D eigenvalue weighted by atomic mass is 10.1. The number of benzene rings is 1. The van der Waals surface area contributed by atoms with E-state index in [9.17, 15) is 13.6 Å². The van der Waals surface area contributed by atoms with Crippen LogP contribution >= 0.6 is 0 Å². The Kier molecular flexibility index (Phi) is 5.03. The molecule has 0 aromatic heterocycles. The van der Waals surface area contributed by atoms with Crippen LogP contribution in [0.1, 0.15) is 12.0 Å². The maximum Gasteiger partial charge on any atom is 0.237 e. The highest BCUT2D eigenvalue weighted by molar-refractivity contribution is 5.82. The number of hydrogen-bond acceptors (Lipinski definition) is 3. The predicted molar refractivity (Wildman–Crippen MR) is 70.3 cm³/mol. The molecule has 2 unspecified atom stereocenters. The first-order valence-corrected chi connectivity index (χ1v) is 6.57. The normalized spacial score (nSPS) is 21.9. The number of nitrogens with one attached hydrogen (secondary N) is 2. The number of halogens is 2. The largest absolute Gasteiger partial charge is 0.380 e. The van der Waals surface area contributed by atoms with Gasteiger partial charge in [-0.3, -0.25) is 4.79 Å². The number of ether oxygens (including phenoxy) is 1. The SMILES string of the molecule is COC1CNC(C(=O)NCCc2cc(F)cc(F)c2)C1. The highest BCUT2D eigenvalue weighted by Crippen LogP contribution is 2.10. The summed E-state index contributed by atoms with van der Waals surface area (Å²) in [6.07, 6.45) is 1.08. The van der Waals surface area contributed by atoms with Crippen molar-refractivity contribution in [2.45, 2.75) is 25.0 Å². The summed E-state index contributed by atoms with van der Waals surface area (Å²) in [6, 6.07) is 3.10. The van der Waals surface area contributed by atoms with Gasteiger partial charge in [-0.2, -0.15) is 0 Å². The van der Waals surface area contributed by atoms with E-state index in [2.05, 4.69) is 10.6 Å². The Bertz CT molecular complexity index is 462. The van der Waals surface area contributed by atoms with Crippen LogP contribution in [0.15, 0.2) is 18.2 Å². The molecular formula is C14H18F2N2O2. The molecule has 4 nitrogen and oxygen atoms in total. The summed E-state index contributed by atoms with van der Waals surface area (Å²) in [4.78, 5) is 11.9. The number of methoxy groups -OCH3 is 1. The average molecular weight is 284 g/mol. The van der Waals surface area contributed by atoms with E-state index in [0.717, 1.165) is 6.07 Å². The molecule has 6 heteroatoms. The van der Waals surface area contributed by atoms with Crippen molar-refractivity contribution < 1.29 is 18.3 Å². The summed E-state index contributed by atoms with van der Waals surface area (Å²) in [6.45, 7) is 1.00. The van der Waals surface area contributed by atoms with Crippen molar-refractivity contribution in [3.8, 4) is 0 Å². The second kappa shape index (κ2) is 6.76. The first-order chi connectivity index (χ1) is 9.58. The van der Waals surface area contributed by atoms with Gasteiger partial charge in [-0.25, -0.2) is 8.78 Å². The van der Waals surface area contributed by atoms with E-state index in [0.29, 0.717) is 31.5 Å². The zero-order valence-corrected chi connectivity index (χ0v) is 11.3. The first kappa shape index (κ1) is 14.9. The molecule has 0 radical (unpaired) electrons. The highest BCUT2D eigenvalue weighted by atomic mass is 19.1. The van der Waals surface area contributed by atoms with E-state index in [1.165, 1.54) is 12.1 Å². The van der Waals surface area contributed by atoms with E-state index < -0.39 is 11.6 Å². The molecule has 110 valence electrons. The first-order valence-electron chi connectivity index (χ1n) is 6.57. The summed E-state index contributed by atoms with van der Waals surface area (Å²) in [5.74, 6) is -1.32. The van der Waals surface area contributed by atoms with Gasteiger partial charge in [0.25, 0.3) is 0 Å². The Morgan fingerprint density at radius 2 is 2.10 bits per heavy atom. The highest BCUT2D eigenvalue weighted by Gasteiger charge is 2.28. The molecule has 1 fully saturated rings. The van der Waals surface area contributed by atoms with Crippen molar-refractivity contribution in [1.82, 2.24) is 10.6 Å². The second-order valence-electron chi connectivity index (χ2n) is 4.87. The molecule has 0 aliphatic carbocycles. The minimum atomic E-state index is -0.605. The van der Waals surface area contributed by atoms with Gasteiger partial charge in [-0.15, -0.1) is 0 Å². The molecule has 1 amide bonds. The minimum absolute atomic E-state index is 0.0584. The summed E-state index contributed by atoms with van der Waals surface area (Å²) in [7, 11) is 1.62. The van der Waals surface area contributed by atoms with E-state index >= 15 is 0 Å². The summed E-state index contributed by atoms with van der Waals surface area (Å²) in [5, 5.41) is 5.82. The Balaban J connectivity index is 1.77. The van der Waals surface area contributed by atoms with Gasteiger partial charge < -0.3 is 15.4 Å². The number of carbonyl (C=O) groups excluding carboxylic acids is 1. The molecule has 2 rings (SSSR count). The van der Waals surface area contributed by atoms with Crippen LogP contribution in [0.2, 0.25) is 0 Å². The molecule has 1 aliphatic heterocycles. The molecule has 1 heterocycles. The molecule has 20 heavy (non-hydrogen) atoms. The molecule has 1 aromatic rings. The Labute approximate surface area is 116 Å². The number of amides is 1. The van der Waals surface area contributed by atoms with Gasteiger partial charge in [0.2, 0.25) is 5.91 Å². The van der Waals surface area contributed by atoms with Crippen LogP contribution in [-0.2, 0) is 16.0 Å². The Hall–Kier alpha value is -1.53. The molecule has 0 spiro atoms. The van der Waals surface area contributed by atoms with Crippen LogP contribution in [-0.4, -0.2) is 38.3 Å². The molecule has 2 atom stereocenters. The molecule has 1 saturated heterocycles. The van der Waals surface area contributed by atoms with Crippen molar-refractivity contribution in [1.29, 1.82) is 0 Å². The number of rotatable bonds is 5. The Morgan fingerprint density at radius 1 is 1.40 bits per heavy atom. The fourth-order valence-corrected chi connectivity index (χ4v) is 2.29. The van der Waals surface area contributed by atoms with Crippen molar-refractivity contribution >= 4 is 5.91 Å². The summed E-state index contributed by atoms with van der Waals surface area (Å²) in [5.41, 5.74) is 0.525. The molecular weight excluding hydrogens is 266 g/mol. The second-order valence-corrected chi connectivity index (χ2v) is 4.87. The van der Waals surface area contributed by atoms with Crippen molar-refractivity contribution in [3.05, 3.63) is 35.4 Å². The molecule has 0 saturated carbocycles. The maximum atomic E-state index is 13.0. The van der Waals surface area contributed by atoms with Gasteiger partial charge in [0.05, 0.1) is 12.1 Å². The van der Waals surface area contributed by atoms with Gasteiger partial charge in [0.1, 0.15) is 11.6 Å². The molecule has 0 bridgehead atoms. The zero-order chi connectivity index (χ0) is 14.5. The lowest BCUT2D eigenvalue weighted by Gasteiger charge is -2.11. The third-order valence-corrected chi connectivity index (χ3v) is 3.38. The summed E-state index contributed by atoms with van der Waals surface area (Å²) >= 11 is 0. The topological polar surface area (TPSA) is 50.4 Å². The molecule has 1 aliphatic rings. The summed E-state index contributed by atoms with van der Waals surface area (Å²) < 4.78 is 31.1.